The fourth-order valence-corrected chi connectivity index (χ4v) is 3.87. The number of nitrogens with two attached hydrogens (primary N) is 2. The van der Waals surface area contributed by atoms with Crippen LogP contribution in [-0.4, -0.2) is 28.0 Å². The molecule has 2 aromatic heterocycles. The Balaban J connectivity index is 1.67. The minimum absolute atomic E-state index is 0.0403. The predicted octanol–water partition coefficient (Wildman–Crippen LogP) is 3.81. The van der Waals surface area contributed by atoms with Gasteiger partial charge in [0.15, 0.2) is 0 Å². The van der Waals surface area contributed by atoms with Crippen LogP contribution in [0.4, 0.5) is 17.3 Å². The van der Waals surface area contributed by atoms with Crippen molar-refractivity contribution in [3.05, 3.63) is 53.2 Å². The van der Waals surface area contributed by atoms with Gasteiger partial charge in [0.2, 0.25) is 0 Å². The molecule has 6 N–H and O–H groups in total. The number of nitrogens with zero attached hydrogens (tertiary/aromatic N) is 2. The fraction of sp³-hybridized carbons (Fsp3) is 0.286. The van der Waals surface area contributed by atoms with E-state index in [4.69, 9.17) is 23.1 Å². The van der Waals surface area contributed by atoms with Crippen LogP contribution in [0.5, 0.6) is 0 Å². The van der Waals surface area contributed by atoms with Gasteiger partial charge in [-0.3, -0.25) is 9.78 Å². The van der Waals surface area contributed by atoms with Gasteiger partial charge in [0.1, 0.15) is 11.6 Å². The number of halogens is 1. The third-order valence-corrected chi connectivity index (χ3v) is 5.52. The lowest BCUT2D eigenvalue weighted by atomic mass is 9.91. The van der Waals surface area contributed by atoms with Crippen LogP contribution in [0.3, 0.4) is 0 Å². The van der Waals surface area contributed by atoms with E-state index >= 15 is 0 Å². The standard InChI is InChI=1S/C21H23ClN6O/c22-15-10-14(19(24)29)20(28-21(15)27-18-8-4-2-6-16(18)23)26-13-9-12-5-1-3-7-17(12)25-11-13/h1,3,5,7,9-11,16,18H,2,4,6,8,23H2,(H2,24,29)(H2,26,27,28). The van der Waals surface area contributed by atoms with Gasteiger partial charge in [0.25, 0.3) is 5.91 Å². The van der Waals surface area contributed by atoms with E-state index in [1.165, 1.54) is 6.07 Å². The van der Waals surface area contributed by atoms with Crippen molar-refractivity contribution < 1.29 is 4.79 Å². The molecule has 0 aliphatic heterocycles. The Morgan fingerprint density at radius 1 is 1.14 bits per heavy atom. The highest BCUT2D eigenvalue weighted by Gasteiger charge is 2.24. The number of rotatable bonds is 5. The van der Waals surface area contributed by atoms with E-state index in [0.29, 0.717) is 22.3 Å². The monoisotopic (exact) mass is 410 g/mol. The number of anilines is 3. The minimum Gasteiger partial charge on any atom is -0.365 e. The van der Waals surface area contributed by atoms with Gasteiger partial charge in [-0.05, 0) is 31.0 Å². The molecule has 150 valence electrons. The third-order valence-electron chi connectivity index (χ3n) is 5.24. The smallest absolute Gasteiger partial charge is 0.252 e. The maximum absolute atomic E-state index is 12.0. The average molecular weight is 411 g/mol. The number of nitrogens with one attached hydrogen (secondary N) is 2. The highest BCUT2D eigenvalue weighted by atomic mass is 35.5. The van der Waals surface area contributed by atoms with E-state index in [1.807, 2.05) is 30.3 Å². The molecule has 1 fully saturated rings. The number of para-hydroxylation sites is 1. The number of hydrogen-bond donors (Lipinski definition) is 4. The Bertz CT molecular complexity index is 1060. The van der Waals surface area contributed by atoms with Gasteiger partial charge < -0.3 is 22.1 Å². The summed E-state index contributed by atoms with van der Waals surface area (Å²) in [7, 11) is 0. The van der Waals surface area contributed by atoms with Gasteiger partial charge in [0.05, 0.1) is 28.0 Å². The molecule has 29 heavy (non-hydrogen) atoms. The van der Waals surface area contributed by atoms with Gasteiger partial charge in [0, 0.05) is 17.5 Å². The number of amides is 1. The van der Waals surface area contributed by atoms with Crippen molar-refractivity contribution in [3.63, 3.8) is 0 Å². The first-order valence-corrected chi connectivity index (χ1v) is 10.0. The number of aromatic nitrogens is 2. The van der Waals surface area contributed by atoms with E-state index in [2.05, 4.69) is 20.6 Å². The van der Waals surface area contributed by atoms with Gasteiger partial charge in [-0.2, -0.15) is 0 Å². The second-order valence-corrected chi connectivity index (χ2v) is 7.73. The summed E-state index contributed by atoms with van der Waals surface area (Å²) in [6.45, 7) is 0. The van der Waals surface area contributed by atoms with Crippen LogP contribution in [0.25, 0.3) is 10.9 Å². The number of benzene rings is 1. The second kappa shape index (κ2) is 8.23. The molecular weight excluding hydrogens is 388 g/mol. The van der Waals surface area contributed by atoms with Crippen molar-refractivity contribution in [1.82, 2.24) is 9.97 Å². The minimum atomic E-state index is -0.614. The molecule has 2 unspecified atom stereocenters. The van der Waals surface area contributed by atoms with E-state index in [-0.39, 0.29) is 17.6 Å². The zero-order valence-corrected chi connectivity index (χ0v) is 16.6. The lowest BCUT2D eigenvalue weighted by Gasteiger charge is -2.30. The molecule has 1 saturated carbocycles. The average Bonchev–Trinajstić information content (AvgIpc) is 2.71. The van der Waals surface area contributed by atoms with Crippen molar-refractivity contribution in [2.75, 3.05) is 10.6 Å². The molecule has 4 rings (SSSR count). The number of hydrogen-bond acceptors (Lipinski definition) is 6. The van der Waals surface area contributed by atoms with Crippen LogP contribution in [0.2, 0.25) is 5.02 Å². The number of carbonyl (C=O) groups excluding carboxylic acids is 1. The van der Waals surface area contributed by atoms with E-state index in [1.54, 1.807) is 6.20 Å². The maximum Gasteiger partial charge on any atom is 0.252 e. The largest absolute Gasteiger partial charge is 0.365 e. The Kier molecular flexibility index (Phi) is 5.51. The van der Waals surface area contributed by atoms with Crippen LogP contribution >= 0.6 is 11.6 Å². The zero-order valence-electron chi connectivity index (χ0n) is 15.9. The summed E-state index contributed by atoms with van der Waals surface area (Å²) in [5, 5.41) is 7.81. The zero-order chi connectivity index (χ0) is 20.4. The van der Waals surface area contributed by atoms with E-state index in [9.17, 15) is 4.79 Å². The summed E-state index contributed by atoms with van der Waals surface area (Å²) in [6.07, 6.45) is 5.84. The fourth-order valence-electron chi connectivity index (χ4n) is 3.66. The van der Waals surface area contributed by atoms with Gasteiger partial charge in [-0.25, -0.2) is 4.98 Å². The topological polar surface area (TPSA) is 119 Å². The normalized spacial score (nSPS) is 19.1. The first-order chi connectivity index (χ1) is 14.0. The van der Waals surface area contributed by atoms with Crippen LogP contribution in [0.15, 0.2) is 42.6 Å². The van der Waals surface area contributed by atoms with Gasteiger partial charge in [-0.1, -0.05) is 42.6 Å². The maximum atomic E-state index is 12.0. The Hall–Kier alpha value is -2.90. The van der Waals surface area contributed by atoms with Crippen LogP contribution in [-0.2, 0) is 0 Å². The van der Waals surface area contributed by atoms with Crippen LogP contribution < -0.4 is 22.1 Å². The first kappa shape index (κ1) is 19.4. The predicted molar refractivity (Wildman–Crippen MR) is 117 cm³/mol. The third kappa shape index (κ3) is 4.26. The summed E-state index contributed by atoms with van der Waals surface area (Å²) in [6, 6.07) is 11.4. The summed E-state index contributed by atoms with van der Waals surface area (Å²) in [5.74, 6) is 0.192. The molecule has 0 saturated heterocycles. The summed E-state index contributed by atoms with van der Waals surface area (Å²) in [4.78, 5) is 20.9. The Morgan fingerprint density at radius 2 is 1.93 bits per heavy atom. The van der Waals surface area contributed by atoms with Gasteiger partial charge in [-0.15, -0.1) is 0 Å². The van der Waals surface area contributed by atoms with Crippen molar-refractivity contribution in [3.8, 4) is 0 Å². The molecule has 1 aliphatic carbocycles. The van der Waals surface area contributed by atoms with E-state index < -0.39 is 5.91 Å². The van der Waals surface area contributed by atoms with Gasteiger partial charge >= 0.3 is 0 Å². The van der Waals surface area contributed by atoms with Crippen molar-refractivity contribution in [2.45, 2.75) is 37.8 Å². The highest BCUT2D eigenvalue weighted by molar-refractivity contribution is 6.33. The highest BCUT2D eigenvalue weighted by Crippen LogP contribution is 2.30. The Morgan fingerprint density at radius 3 is 2.72 bits per heavy atom. The first-order valence-electron chi connectivity index (χ1n) is 9.65. The lowest BCUT2D eigenvalue weighted by molar-refractivity contribution is 0.100. The molecule has 1 aromatic carbocycles. The van der Waals surface area contributed by atoms with E-state index in [0.717, 1.165) is 36.6 Å². The van der Waals surface area contributed by atoms with Crippen molar-refractivity contribution in [2.24, 2.45) is 11.5 Å². The molecule has 0 radical (unpaired) electrons. The summed E-state index contributed by atoms with van der Waals surface area (Å²) in [5.41, 5.74) is 13.6. The second-order valence-electron chi connectivity index (χ2n) is 7.32. The van der Waals surface area contributed by atoms with Crippen LogP contribution in [0, 0.1) is 0 Å². The number of carbonyl (C=O) groups is 1. The molecule has 1 amide bonds. The molecule has 0 bridgehead atoms. The quantitative estimate of drug-likeness (QED) is 0.507. The number of primary amides is 1. The molecule has 2 atom stereocenters. The molecular formula is C21H23ClN6O. The SMILES string of the molecule is NC(=O)c1cc(Cl)c(NC2CCCCC2N)nc1Nc1cnc2ccccc2c1. The number of fused-ring (bicyclic) bond motifs is 1. The molecule has 2 heterocycles. The van der Waals surface area contributed by atoms with Crippen molar-refractivity contribution in [1.29, 1.82) is 0 Å². The molecule has 8 heteroatoms. The van der Waals surface area contributed by atoms with Crippen LogP contribution in [0.1, 0.15) is 36.0 Å². The molecule has 3 aromatic rings. The summed E-state index contributed by atoms with van der Waals surface area (Å²) < 4.78 is 0. The lowest BCUT2D eigenvalue weighted by Crippen LogP contribution is -2.42. The molecule has 1 aliphatic rings. The van der Waals surface area contributed by atoms with Crippen molar-refractivity contribution >= 4 is 45.7 Å². The molecule has 7 nitrogen and oxygen atoms in total. The summed E-state index contributed by atoms with van der Waals surface area (Å²) >= 11 is 6.38. The number of pyridine rings is 2. The Labute approximate surface area is 173 Å². The molecule has 0 spiro atoms.